The molecule has 0 saturated carbocycles. The molecule has 11 heteroatoms. The average Bonchev–Trinajstić information content (AvgIpc) is 2.93. The number of hydrogen-bond acceptors (Lipinski definition) is 11. The van der Waals surface area contributed by atoms with Gasteiger partial charge >= 0.3 is 0 Å². The maximum Gasteiger partial charge on any atom is 0.204 e. The summed E-state index contributed by atoms with van der Waals surface area (Å²) < 4.78 is 39.6. The topological polar surface area (TPSA) is 146 Å². The highest BCUT2D eigenvalue weighted by Crippen LogP contribution is 2.33. The number of hydrogen-bond donors (Lipinski definition) is 3. The number of phenols is 1. The SMILES string of the molecule is COC1CC(Oc2ccc(-c3coc4cc(OC5CC(OC)C(O)C(C)O5)cc(O)c4c3=O)cc2)OC(C)C1O. The third-order valence-corrected chi connectivity index (χ3v) is 7.44. The quantitative estimate of drug-likeness (QED) is 0.393. The highest BCUT2D eigenvalue weighted by atomic mass is 16.7. The largest absolute Gasteiger partial charge is 0.507 e. The number of fused-ring (bicyclic) bond motifs is 1. The van der Waals surface area contributed by atoms with Gasteiger partial charge in [-0.2, -0.15) is 0 Å². The maximum absolute atomic E-state index is 13.3. The first-order chi connectivity index (χ1) is 19.2. The highest BCUT2D eigenvalue weighted by molar-refractivity contribution is 5.88. The van der Waals surface area contributed by atoms with Crippen molar-refractivity contribution >= 4 is 11.0 Å². The van der Waals surface area contributed by atoms with Crippen LogP contribution in [0.25, 0.3) is 22.1 Å². The molecule has 2 aliphatic rings. The smallest absolute Gasteiger partial charge is 0.204 e. The molecule has 11 nitrogen and oxygen atoms in total. The van der Waals surface area contributed by atoms with Crippen LogP contribution in [0.1, 0.15) is 26.7 Å². The molecule has 0 spiro atoms. The number of benzene rings is 2. The molecule has 0 aliphatic carbocycles. The van der Waals surface area contributed by atoms with Crippen LogP contribution in [0.5, 0.6) is 17.2 Å². The number of rotatable bonds is 7. The van der Waals surface area contributed by atoms with Crippen LogP contribution in [-0.2, 0) is 18.9 Å². The van der Waals surface area contributed by atoms with E-state index in [2.05, 4.69) is 0 Å². The molecule has 2 aromatic carbocycles. The predicted molar refractivity (Wildman–Crippen MR) is 142 cm³/mol. The molecule has 1 aromatic heterocycles. The second-order valence-corrected chi connectivity index (χ2v) is 10.1. The van der Waals surface area contributed by atoms with Gasteiger partial charge in [0.2, 0.25) is 18.0 Å². The van der Waals surface area contributed by atoms with E-state index in [9.17, 15) is 20.1 Å². The molecule has 5 rings (SSSR count). The summed E-state index contributed by atoms with van der Waals surface area (Å²) in [4.78, 5) is 13.3. The zero-order valence-corrected chi connectivity index (χ0v) is 22.7. The monoisotopic (exact) mass is 558 g/mol. The first kappa shape index (κ1) is 28.3. The van der Waals surface area contributed by atoms with Crippen LogP contribution in [0.2, 0.25) is 0 Å². The fourth-order valence-corrected chi connectivity index (χ4v) is 5.13. The van der Waals surface area contributed by atoms with E-state index in [0.29, 0.717) is 17.7 Å². The molecule has 3 N–H and O–H groups in total. The molecule has 8 atom stereocenters. The van der Waals surface area contributed by atoms with Gasteiger partial charge in [-0.3, -0.25) is 4.79 Å². The fourth-order valence-electron chi connectivity index (χ4n) is 5.13. The highest BCUT2D eigenvalue weighted by Gasteiger charge is 2.37. The molecule has 0 bridgehead atoms. The van der Waals surface area contributed by atoms with Crippen molar-refractivity contribution in [3.8, 4) is 28.4 Å². The predicted octanol–water partition coefficient (Wildman–Crippen LogP) is 2.94. The number of ether oxygens (including phenoxy) is 6. The standard InChI is InChI=1S/C29H34O11/c1-14-27(31)22(34-3)11-24(37-14)39-17-7-5-16(6-8-17)19-13-36-21-10-18(9-20(30)26(21)29(19)33)40-25-12-23(35-4)28(32)15(2)38-25/h5-10,13-15,22-25,27-28,30-32H,11-12H2,1-4H3. The molecule has 40 heavy (non-hydrogen) atoms. The van der Waals surface area contributed by atoms with E-state index in [0.717, 1.165) is 0 Å². The van der Waals surface area contributed by atoms with Gasteiger partial charge in [0, 0.05) is 39.2 Å². The van der Waals surface area contributed by atoms with Gasteiger partial charge < -0.3 is 48.2 Å². The van der Waals surface area contributed by atoms with Gasteiger partial charge in [-0.25, -0.2) is 0 Å². The zero-order chi connectivity index (χ0) is 28.6. The van der Waals surface area contributed by atoms with E-state index in [1.807, 2.05) is 0 Å². The number of aliphatic hydroxyl groups is 2. The van der Waals surface area contributed by atoms with Gasteiger partial charge in [-0.15, -0.1) is 0 Å². The Morgan fingerprint density at radius 2 is 1.38 bits per heavy atom. The van der Waals surface area contributed by atoms with Gasteiger partial charge in [0.15, 0.2) is 0 Å². The Bertz CT molecular complexity index is 1370. The van der Waals surface area contributed by atoms with Crippen LogP contribution < -0.4 is 14.9 Å². The van der Waals surface area contributed by atoms with E-state index in [4.69, 9.17) is 32.8 Å². The summed E-state index contributed by atoms with van der Waals surface area (Å²) in [6.45, 7) is 3.47. The van der Waals surface area contributed by atoms with Crippen LogP contribution in [-0.4, -0.2) is 78.7 Å². The average molecular weight is 559 g/mol. The normalized spacial score (nSPS) is 30.8. The molecular formula is C29H34O11. The van der Waals surface area contributed by atoms with E-state index in [-0.39, 0.29) is 34.5 Å². The lowest BCUT2D eigenvalue weighted by atomic mass is 10.0. The molecule has 2 aliphatic heterocycles. The number of methoxy groups -OCH3 is 2. The van der Waals surface area contributed by atoms with Gasteiger partial charge in [-0.1, -0.05) is 12.1 Å². The van der Waals surface area contributed by atoms with Crippen molar-refractivity contribution in [2.24, 2.45) is 0 Å². The molecule has 8 unspecified atom stereocenters. The molecule has 0 radical (unpaired) electrons. The second kappa shape index (κ2) is 11.7. The molecule has 2 saturated heterocycles. The van der Waals surface area contributed by atoms with Gasteiger partial charge in [-0.05, 0) is 31.5 Å². The van der Waals surface area contributed by atoms with E-state index in [1.54, 1.807) is 38.1 Å². The first-order valence-electron chi connectivity index (χ1n) is 13.1. The summed E-state index contributed by atoms with van der Waals surface area (Å²) in [5.41, 5.74) is 0.564. The Kier molecular flexibility index (Phi) is 8.31. The minimum atomic E-state index is -0.784. The molecular weight excluding hydrogens is 524 g/mol. The van der Waals surface area contributed by atoms with Crippen molar-refractivity contribution in [3.63, 3.8) is 0 Å². The molecule has 3 aromatic rings. The van der Waals surface area contributed by atoms with E-state index >= 15 is 0 Å². The van der Waals surface area contributed by atoms with E-state index < -0.39 is 54.6 Å². The lowest BCUT2D eigenvalue weighted by Gasteiger charge is -2.36. The van der Waals surface area contributed by atoms with Crippen LogP contribution in [0.15, 0.2) is 51.9 Å². The van der Waals surface area contributed by atoms with Crippen molar-refractivity contribution in [3.05, 3.63) is 52.9 Å². The molecule has 216 valence electrons. The summed E-state index contributed by atoms with van der Waals surface area (Å²) in [5, 5.41) is 31.0. The van der Waals surface area contributed by atoms with Crippen molar-refractivity contribution in [1.29, 1.82) is 0 Å². The Hall–Kier alpha value is -3.19. The van der Waals surface area contributed by atoms with Crippen molar-refractivity contribution in [2.75, 3.05) is 14.2 Å². The molecule has 0 amide bonds. The van der Waals surface area contributed by atoms with Crippen molar-refractivity contribution in [2.45, 2.75) is 75.9 Å². The van der Waals surface area contributed by atoms with Crippen LogP contribution in [0, 0.1) is 0 Å². The summed E-state index contributed by atoms with van der Waals surface area (Å²) in [6.07, 6.45) is -2.68. The summed E-state index contributed by atoms with van der Waals surface area (Å²) >= 11 is 0. The van der Waals surface area contributed by atoms with Gasteiger partial charge in [0.1, 0.15) is 46.7 Å². The van der Waals surface area contributed by atoms with Crippen molar-refractivity contribution < 1.29 is 48.2 Å². The van der Waals surface area contributed by atoms with Gasteiger partial charge in [0.05, 0.1) is 30.0 Å². The van der Waals surface area contributed by atoms with Crippen LogP contribution in [0.4, 0.5) is 0 Å². The third kappa shape index (κ3) is 5.67. The summed E-state index contributed by atoms with van der Waals surface area (Å²) in [5.74, 6) is 0.464. The molecule has 2 fully saturated rings. The minimum Gasteiger partial charge on any atom is -0.507 e. The van der Waals surface area contributed by atoms with Crippen LogP contribution >= 0.6 is 0 Å². The zero-order valence-electron chi connectivity index (χ0n) is 22.7. The third-order valence-electron chi connectivity index (χ3n) is 7.44. The van der Waals surface area contributed by atoms with Gasteiger partial charge in [0.25, 0.3) is 0 Å². The summed E-state index contributed by atoms with van der Waals surface area (Å²) in [6, 6.07) is 9.65. The minimum absolute atomic E-state index is 0.0158. The Morgan fingerprint density at radius 3 is 1.93 bits per heavy atom. The lowest BCUT2D eigenvalue weighted by Crippen LogP contribution is -2.49. The number of aromatic hydroxyl groups is 1. The Labute approximate surface area is 230 Å². The fraction of sp³-hybridized carbons (Fsp3) is 0.483. The second-order valence-electron chi connectivity index (χ2n) is 10.1. The molecule has 3 heterocycles. The number of aliphatic hydroxyl groups excluding tert-OH is 2. The Balaban J connectivity index is 1.32. The van der Waals surface area contributed by atoms with Crippen LogP contribution in [0.3, 0.4) is 0 Å². The van der Waals surface area contributed by atoms with Crippen molar-refractivity contribution in [1.82, 2.24) is 0 Å². The summed E-state index contributed by atoms with van der Waals surface area (Å²) in [7, 11) is 3.04. The van der Waals surface area contributed by atoms with E-state index in [1.165, 1.54) is 32.6 Å². The maximum atomic E-state index is 13.3. The number of phenolic OH excluding ortho intramolecular Hbond substituents is 1. The lowest BCUT2D eigenvalue weighted by molar-refractivity contribution is -0.222. The Morgan fingerprint density at radius 1 is 0.825 bits per heavy atom. The first-order valence-corrected chi connectivity index (χ1v) is 13.1.